The molecule has 0 aliphatic heterocycles. The fourth-order valence-corrected chi connectivity index (χ4v) is 1.17. The van der Waals surface area contributed by atoms with Crippen molar-refractivity contribution in [1.29, 1.82) is 5.26 Å². The minimum atomic E-state index is 0.0955. The highest BCUT2D eigenvalue weighted by Gasteiger charge is 2.09. The molecule has 0 radical (unpaired) electrons. The summed E-state index contributed by atoms with van der Waals surface area (Å²) in [5, 5.41) is 15.7. The van der Waals surface area contributed by atoms with Crippen LogP contribution < -0.4 is 10.1 Å². The number of hydrogen-bond donors (Lipinski definition) is 1. The Morgan fingerprint density at radius 1 is 1.79 bits per heavy atom. The maximum absolute atomic E-state index is 8.50. The topological polar surface area (TPSA) is 62.9 Å². The highest BCUT2D eigenvalue weighted by atomic mass is 16.5. The average Bonchev–Trinajstić information content (AvgIpc) is 2.46. The number of aromatic nitrogens is 2. The Morgan fingerprint density at radius 3 is 3.07 bits per heavy atom. The Labute approximate surface area is 83.3 Å². The predicted octanol–water partition coefficient (Wildman–Crippen LogP) is 1.14. The third-order valence-electron chi connectivity index (χ3n) is 1.79. The van der Waals surface area contributed by atoms with Crippen LogP contribution in [0.25, 0.3) is 0 Å². The van der Waals surface area contributed by atoms with Crippen LogP contribution in [0.4, 0.5) is 5.69 Å². The van der Waals surface area contributed by atoms with Gasteiger partial charge in [-0.1, -0.05) is 0 Å². The Balaban J connectivity index is 2.70. The SMILES string of the molecule is COc1nn(C)cc1NC(C)CC#N. The van der Waals surface area contributed by atoms with Crippen molar-refractivity contribution in [1.82, 2.24) is 9.78 Å². The summed E-state index contributed by atoms with van der Waals surface area (Å²) in [4.78, 5) is 0. The van der Waals surface area contributed by atoms with Crippen molar-refractivity contribution in [3.05, 3.63) is 6.20 Å². The van der Waals surface area contributed by atoms with Crippen LogP contribution in [0.3, 0.4) is 0 Å². The maximum Gasteiger partial charge on any atom is 0.256 e. The van der Waals surface area contributed by atoms with Crippen molar-refractivity contribution in [2.75, 3.05) is 12.4 Å². The molecule has 1 aromatic rings. The molecule has 0 fully saturated rings. The fraction of sp³-hybridized carbons (Fsp3) is 0.556. The summed E-state index contributed by atoms with van der Waals surface area (Å²) < 4.78 is 6.73. The first kappa shape index (κ1) is 10.4. The first-order chi connectivity index (χ1) is 6.67. The molecule has 1 aromatic heterocycles. The summed E-state index contributed by atoms with van der Waals surface area (Å²) >= 11 is 0. The van der Waals surface area contributed by atoms with Crippen LogP contribution in [0.1, 0.15) is 13.3 Å². The van der Waals surface area contributed by atoms with Crippen LogP contribution in [-0.2, 0) is 7.05 Å². The summed E-state index contributed by atoms with van der Waals surface area (Å²) in [6, 6.07) is 2.20. The quantitative estimate of drug-likeness (QED) is 0.780. The van der Waals surface area contributed by atoms with E-state index in [0.717, 1.165) is 5.69 Å². The third-order valence-corrected chi connectivity index (χ3v) is 1.79. The molecule has 0 aliphatic carbocycles. The van der Waals surface area contributed by atoms with Crippen LogP contribution in [0, 0.1) is 11.3 Å². The number of rotatable bonds is 4. The predicted molar refractivity (Wildman–Crippen MR) is 53.1 cm³/mol. The number of nitriles is 1. The third kappa shape index (κ3) is 2.39. The summed E-state index contributed by atoms with van der Waals surface area (Å²) in [6.45, 7) is 1.94. The lowest BCUT2D eigenvalue weighted by molar-refractivity contribution is 0.393. The van der Waals surface area contributed by atoms with Gasteiger partial charge < -0.3 is 10.1 Å². The van der Waals surface area contributed by atoms with Crippen molar-refractivity contribution < 1.29 is 4.74 Å². The van der Waals surface area contributed by atoms with E-state index in [9.17, 15) is 0 Å². The highest BCUT2D eigenvalue weighted by molar-refractivity contribution is 5.51. The van der Waals surface area contributed by atoms with Gasteiger partial charge in [0.1, 0.15) is 5.69 Å². The summed E-state index contributed by atoms with van der Waals surface area (Å²) in [7, 11) is 3.39. The van der Waals surface area contributed by atoms with Gasteiger partial charge in [-0.3, -0.25) is 4.68 Å². The molecule has 1 unspecified atom stereocenters. The number of methoxy groups -OCH3 is 1. The van der Waals surface area contributed by atoms with Gasteiger partial charge in [-0.25, -0.2) is 0 Å². The van der Waals surface area contributed by atoms with E-state index < -0.39 is 0 Å². The molecule has 0 aromatic carbocycles. The number of hydrogen-bond acceptors (Lipinski definition) is 4. The smallest absolute Gasteiger partial charge is 0.256 e. The van der Waals surface area contributed by atoms with E-state index in [1.165, 1.54) is 0 Å². The first-order valence-electron chi connectivity index (χ1n) is 4.38. The molecule has 0 amide bonds. The van der Waals surface area contributed by atoms with Gasteiger partial charge in [-0.15, -0.1) is 5.10 Å². The minimum Gasteiger partial charge on any atom is -0.478 e. The molecular weight excluding hydrogens is 180 g/mol. The van der Waals surface area contributed by atoms with E-state index in [1.807, 2.05) is 20.2 Å². The second kappa shape index (κ2) is 4.51. The minimum absolute atomic E-state index is 0.0955. The molecule has 1 N–H and O–H groups in total. The van der Waals surface area contributed by atoms with E-state index >= 15 is 0 Å². The molecule has 14 heavy (non-hydrogen) atoms. The van der Waals surface area contributed by atoms with Gasteiger partial charge in [-0.2, -0.15) is 5.26 Å². The molecule has 1 heterocycles. The molecule has 1 rings (SSSR count). The van der Waals surface area contributed by atoms with Gasteiger partial charge in [-0.05, 0) is 6.92 Å². The number of ether oxygens (including phenoxy) is 1. The second-order valence-electron chi connectivity index (χ2n) is 3.13. The zero-order valence-corrected chi connectivity index (χ0v) is 8.61. The zero-order valence-electron chi connectivity index (χ0n) is 8.61. The van der Waals surface area contributed by atoms with E-state index in [4.69, 9.17) is 10.00 Å². The van der Waals surface area contributed by atoms with Crippen molar-refractivity contribution in [3.8, 4) is 11.9 Å². The Morgan fingerprint density at radius 2 is 2.50 bits per heavy atom. The van der Waals surface area contributed by atoms with Crippen LogP contribution in [0.2, 0.25) is 0 Å². The lowest BCUT2D eigenvalue weighted by atomic mass is 10.2. The van der Waals surface area contributed by atoms with Gasteiger partial charge in [0.15, 0.2) is 0 Å². The Bertz CT molecular complexity index is 339. The monoisotopic (exact) mass is 194 g/mol. The van der Waals surface area contributed by atoms with Crippen LogP contribution in [-0.4, -0.2) is 22.9 Å². The molecule has 0 saturated carbocycles. The van der Waals surface area contributed by atoms with Crippen molar-refractivity contribution in [3.63, 3.8) is 0 Å². The number of aryl methyl sites for hydroxylation is 1. The molecular formula is C9H14N4O. The van der Waals surface area contributed by atoms with Crippen LogP contribution in [0.15, 0.2) is 6.20 Å². The molecule has 0 saturated heterocycles. The first-order valence-corrected chi connectivity index (χ1v) is 4.38. The van der Waals surface area contributed by atoms with Crippen molar-refractivity contribution in [2.45, 2.75) is 19.4 Å². The van der Waals surface area contributed by atoms with Gasteiger partial charge in [0.2, 0.25) is 0 Å². The van der Waals surface area contributed by atoms with Gasteiger partial charge in [0, 0.05) is 13.1 Å². The molecule has 0 spiro atoms. The van der Waals surface area contributed by atoms with E-state index in [1.54, 1.807) is 11.8 Å². The highest BCUT2D eigenvalue weighted by Crippen LogP contribution is 2.22. The van der Waals surface area contributed by atoms with Crippen LogP contribution >= 0.6 is 0 Å². The zero-order chi connectivity index (χ0) is 10.6. The van der Waals surface area contributed by atoms with Gasteiger partial charge in [0.25, 0.3) is 5.88 Å². The normalized spacial score (nSPS) is 11.9. The van der Waals surface area contributed by atoms with E-state index in [2.05, 4.69) is 16.5 Å². The number of anilines is 1. The van der Waals surface area contributed by atoms with Gasteiger partial charge >= 0.3 is 0 Å². The molecule has 5 nitrogen and oxygen atoms in total. The number of nitrogens with zero attached hydrogens (tertiary/aromatic N) is 3. The molecule has 5 heteroatoms. The summed E-state index contributed by atoms with van der Waals surface area (Å²) in [6.07, 6.45) is 2.28. The van der Waals surface area contributed by atoms with Crippen molar-refractivity contribution >= 4 is 5.69 Å². The summed E-state index contributed by atoms with van der Waals surface area (Å²) in [5.74, 6) is 0.553. The standard InChI is InChI=1S/C9H14N4O/c1-7(4-5-10)11-8-6-13(2)12-9(8)14-3/h6-7,11H,4H2,1-3H3. The molecule has 0 bridgehead atoms. The fourth-order valence-electron chi connectivity index (χ4n) is 1.17. The largest absolute Gasteiger partial charge is 0.478 e. The summed E-state index contributed by atoms with van der Waals surface area (Å²) in [5.41, 5.74) is 0.817. The number of nitrogens with one attached hydrogen (secondary N) is 1. The lowest BCUT2D eigenvalue weighted by Crippen LogP contribution is -2.14. The molecule has 76 valence electrons. The van der Waals surface area contributed by atoms with Crippen LogP contribution in [0.5, 0.6) is 5.88 Å². The average molecular weight is 194 g/mol. The van der Waals surface area contributed by atoms with E-state index in [-0.39, 0.29) is 6.04 Å². The Hall–Kier alpha value is -1.70. The second-order valence-corrected chi connectivity index (χ2v) is 3.13. The van der Waals surface area contributed by atoms with E-state index in [0.29, 0.717) is 12.3 Å². The lowest BCUT2D eigenvalue weighted by Gasteiger charge is -2.10. The maximum atomic E-state index is 8.50. The molecule has 0 aliphatic rings. The van der Waals surface area contributed by atoms with Crippen molar-refractivity contribution in [2.24, 2.45) is 7.05 Å². The van der Waals surface area contributed by atoms with Gasteiger partial charge in [0.05, 0.1) is 25.8 Å². The molecule has 1 atom stereocenters. The Kier molecular flexibility index (Phi) is 3.35.